The largest absolute Gasteiger partial charge is 0.361 e. The summed E-state index contributed by atoms with van der Waals surface area (Å²) in [5.41, 5.74) is 3.90. The van der Waals surface area contributed by atoms with E-state index < -0.39 is 0 Å². The number of halogens is 1. The van der Waals surface area contributed by atoms with Gasteiger partial charge in [0.2, 0.25) is 5.89 Å². The number of nitrogens with one attached hydrogen (secondary N) is 3. The molecular formula is C18H25IN6O. The van der Waals surface area contributed by atoms with E-state index in [0.29, 0.717) is 18.3 Å². The molecule has 2 aromatic heterocycles. The molecule has 3 aromatic rings. The van der Waals surface area contributed by atoms with Crippen LogP contribution >= 0.6 is 24.0 Å². The van der Waals surface area contributed by atoms with Crippen LogP contribution in [0.2, 0.25) is 0 Å². The summed E-state index contributed by atoms with van der Waals surface area (Å²) in [7, 11) is 1.75. The van der Waals surface area contributed by atoms with Crippen molar-refractivity contribution in [2.45, 2.75) is 33.2 Å². The molecule has 3 rings (SSSR count). The zero-order valence-corrected chi connectivity index (χ0v) is 17.6. The first-order valence-corrected chi connectivity index (χ1v) is 8.52. The molecule has 0 amide bonds. The smallest absolute Gasteiger partial charge is 0.223 e. The minimum absolute atomic E-state index is 0. The fourth-order valence-electron chi connectivity index (χ4n) is 2.89. The Balaban J connectivity index is 0.00000243. The number of guanidine groups is 1. The van der Waals surface area contributed by atoms with E-state index in [1.54, 1.807) is 14.0 Å². The lowest BCUT2D eigenvalue weighted by molar-refractivity contribution is 0.387. The van der Waals surface area contributed by atoms with Crippen LogP contribution in [0.4, 0.5) is 0 Å². The number of aromatic nitrogens is 3. The monoisotopic (exact) mass is 468 g/mol. The Kier molecular flexibility index (Phi) is 7.43. The molecule has 0 saturated carbocycles. The van der Waals surface area contributed by atoms with Gasteiger partial charge in [-0.25, -0.2) is 0 Å². The van der Waals surface area contributed by atoms with Gasteiger partial charge in [-0.15, -0.1) is 24.0 Å². The van der Waals surface area contributed by atoms with Crippen LogP contribution in [0.25, 0.3) is 10.9 Å². The average molecular weight is 468 g/mol. The van der Waals surface area contributed by atoms with Gasteiger partial charge in [-0.2, -0.15) is 4.98 Å². The molecule has 3 N–H and O–H groups in total. The van der Waals surface area contributed by atoms with Crippen molar-refractivity contribution in [1.82, 2.24) is 25.8 Å². The number of aromatic amines is 1. The SMILES string of the molecule is CCc1cccc2c(CCNC(=NC)NCc3noc(C)n3)c[nH]c12.I. The number of hydrogen-bond donors (Lipinski definition) is 3. The van der Waals surface area contributed by atoms with E-state index in [0.717, 1.165) is 25.3 Å². The highest BCUT2D eigenvalue weighted by Crippen LogP contribution is 2.22. The number of H-pyrrole nitrogens is 1. The van der Waals surface area contributed by atoms with Crippen molar-refractivity contribution in [2.75, 3.05) is 13.6 Å². The molecule has 0 aliphatic carbocycles. The van der Waals surface area contributed by atoms with Crippen LogP contribution in [-0.2, 0) is 19.4 Å². The van der Waals surface area contributed by atoms with E-state index in [4.69, 9.17) is 4.52 Å². The number of hydrogen-bond acceptors (Lipinski definition) is 4. The summed E-state index contributed by atoms with van der Waals surface area (Å²) >= 11 is 0. The van der Waals surface area contributed by atoms with E-state index in [-0.39, 0.29) is 24.0 Å². The van der Waals surface area contributed by atoms with Crippen molar-refractivity contribution >= 4 is 40.8 Å². The zero-order chi connectivity index (χ0) is 17.6. The molecule has 8 heteroatoms. The predicted octanol–water partition coefficient (Wildman–Crippen LogP) is 2.95. The molecular weight excluding hydrogens is 443 g/mol. The molecule has 140 valence electrons. The predicted molar refractivity (Wildman–Crippen MR) is 114 cm³/mol. The maximum Gasteiger partial charge on any atom is 0.223 e. The molecule has 0 unspecified atom stereocenters. The molecule has 1 aromatic carbocycles. The van der Waals surface area contributed by atoms with E-state index >= 15 is 0 Å². The molecule has 0 saturated heterocycles. The Hall–Kier alpha value is -2.10. The third-order valence-corrected chi connectivity index (χ3v) is 4.16. The van der Waals surface area contributed by atoms with Gasteiger partial charge in [0.1, 0.15) is 0 Å². The fraction of sp³-hybridized carbons (Fsp3) is 0.389. The van der Waals surface area contributed by atoms with E-state index in [1.165, 1.54) is 22.0 Å². The summed E-state index contributed by atoms with van der Waals surface area (Å²) < 4.78 is 4.96. The third-order valence-electron chi connectivity index (χ3n) is 4.16. The highest BCUT2D eigenvalue weighted by Gasteiger charge is 2.07. The van der Waals surface area contributed by atoms with Gasteiger partial charge in [0, 0.05) is 37.6 Å². The summed E-state index contributed by atoms with van der Waals surface area (Å²) in [6.07, 6.45) is 4.04. The number of para-hydroxylation sites is 1. The summed E-state index contributed by atoms with van der Waals surface area (Å²) in [6, 6.07) is 6.47. The Morgan fingerprint density at radius 1 is 1.27 bits per heavy atom. The summed E-state index contributed by atoms with van der Waals surface area (Å²) in [6.45, 7) is 5.21. The van der Waals surface area contributed by atoms with Crippen molar-refractivity contribution in [2.24, 2.45) is 4.99 Å². The third kappa shape index (κ3) is 4.75. The molecule has 0 radical (unpaired) electrons. The van der Waals surface area contributed by atoms with Crippen LogP contribution in [0, 0.1) is 6.92 Å². The van der Waals surface area contributed by atoms with Crippen molar-refractivity contribution in [3.8, 4) is 0 Å². The molecule has 0 fully saturated rings. The normalized spacial score (nSPS) is 11.4. The molecule has 0 bridgehead atoms. The lowest BCUT2D eigenvalue weighted by Gasteiger charge is -2.10. The van der Waals surface area contributed by atoms with Crippen LogP contribution in [0.5, 0.6) is 0 Å². The van der Waals surface area contributed by atoms with E-state index in [2.05, 4.69) is 62.1 Å². The first kappa shape index (κ1) is 20.2. The van der Waals surface area contributed by atoms with Gasteiger partial charge in [0.05, 0.1) is 6.54 Å². The number of fused-ring (bicyclic) bond motifs is 1. The van der Waals surface area contributed by atoms with Gasteiger partial charge in [0.25, 0.3) is 0 Å². The van der Waals surface area contributed by atoms with Gasteiger partial charge in [-0.3, -0.25) is 4.99 Å². The minimum Gasteiger partial charge on any atom is -0.361 e. The Bertz CT molecular complexity index is 870. The summed E-state index contributed by atoms with van der Waals surface area (Å²) in [5.74, 6) is 1.89. The quantitative estimate of drug-likeness (QED) is 0.294. The highest BCUT2D eigenvalue weighted by atomic mass is 127. The van der Waals surface area contributed by atoms with Crippen molar-refractivity contribution in [3.05, 3.63) is 47.2 Å². The van der Waals surface area contributed by atoms with E-state index in [9.17, 15) is 0 Å². The van der Waals surface area contributed by atoms with Crippen LogP contribution < -0.4 is 10.6 Å². The number of benzene rings is 1. The van der Waals surface area contributed by atoms with Gasteiger partial charge >= 0.3 is 0 Å². The first-order valence-electron chi connectivity index (χ1n) is 8.52. The lowest BCUT2D eigenvalue weighted by atomic mass is 10.1. The zero-order valence-electron chi connectivity index (χ0n) is 15.3. The van der Waals surface area contributed by atoms with Crippen molar-refractivity contribution < 1.29 is 4.52 Å². The Labute approximate surface area is 170 Å². The molecule has 0 aliphatic heterocycles. The van der Waals surface area contributed by atoms with Gasteiger partial charge in [-0.1, -0.05) is 30.3 Å². The molecule has 0 spiro atoms. The second-order valence-corrected chi connectivity index (χ2v) is 5.84. The lowest BCUT2D eigenvalue weighted by Crippen LogP contribution is -2.38. The van der Waals surface area contributed by atoms with Crippen LogP contribution in [0.1, 0.15) is 29.8 Å². The Morgan fingerprint density at radius 3 is 2.81 bits per heavy atom. The van der Waals surface area contributed by atoms with E-state index in [1.807, 2.05) is 0 Å². The van der Waals surface area contributed by atoms with Crippen LogP contribution in [-0.4, -0.2) is 34.7 Å². The van der Waals surface area contributed by atoms with Gasteiger partial charge in [-0.05, 0) is 24.0 Å². The molecule has 26 heavy (non-hydrogen) atoms. The van der Waals surface area contributed by atoms with Crippen LogP contribution in [0.15, 0.2) is 33.9 Å². The fourth-order valence-corrected chi connectivity index (χ4v) is 2.89. The maximum absolute atomic E-state index is 4.96. The molecule has 2 heterocycles. The second-order valence-electron chi connectivity index (χ2n) is 5.84. The van der Waals surface area contributed by atoms with Crippen LogP contribution in [0.3, 0.4) is 0 Å². The number of aryl methyl sites for hydroxylation is 2. The maximum atomic E-state index is 4.96. The number of rotatable bonds is 6. The topological polar surface area (TPSA) is 91.1 Å². The highest BCUT2D eigenvalue weighted by molar-refractivity contribution is 14.0. The first-order chi connectivity index (χ1) is 12.2. The average Bonchev–Trinajstić information content (AvgIpc) is 3.24. The molecule has 0 atom stereocenters. The van der Waals surface area contributed by atoms with Crippen molar-refractivity contribution in [1.29, 1.82) is 0 Å². The molecule has 7 nitrogen and oxygen atoms in total. The van der Waals surface area contributed by atoms with Crippen molar-refractivity contribution in [3.63, 3.8) is 0 Å². The Morgan fingerprint density at radius 2 is 2.12 bits per heavy atom. The second kappa shape index (κ2) is 9.56. The standard InChI is InChI=1S/C18H24N6O.HI/c1-4-13-6-5-7-15-14(10-21-17(13)15)8-9-20-18(19-3)22-11-16-23-12(2)25-24-16;/h5-7,10,21H,4,8-9,11H2,1-3H3,(H2,19,20,22);1H. The number of aliphatic imine (C=N–C) groups is 1. The molecule has 0 aliphatic rings. The van der Waals surface area contributed by atoms with Gasteiger partial charge in [0.15, 0.2) is 11.8 Å². The summed E-state index contributed by atoms with van der Waals surface area (Å²) in [4.78, 5) is 11.8. The minimum atomic E-state index is 0. The van der Waals surface area contributed by atoms with Gasteiger partial charge < -0.3 is 20.1 Å². The summed E-state index contributed by atoms with van der Waals surface area (Å²) in [5, 5.41) is 11.7. The number of nitrogens with zero attached hydrogens (tertiary/aromatic N) is 3.